The molecule has 0 spiro atoms. The third-order valence-electron chi connectivity index (χ3n) is 4.08. The van der Waals surface area contributed by atoms with Crippen molar-refractivity contribution in [2.24, 2.45) is 0 Å². The zero-order valence-corrected chi connectivity index (χ0v) is 11.7. The van der Waals surface area contributed by atoms with Crippen LogP contribution < -0.4 is 4.74 Å². The first-order valence-electron chi connectivity index (χ1n) is 7.20. The number of hydrogen-bond donors (Lipinski definition) is 0. The van der Waals surface area contributed by atoms with E-state index in [0.717, 1.165) is 36.8 Å². The van der Waals surface area contributed by atoms with Crippen molar-refractivity contribution < 1.29 is 14.3 Å². The van der Waals surface area contributed by atoms with Gasteiger partial charge in [0.1, 0.15) is 5.75 Å². The molecule has 1 saturated carbocycles. The molecule has 1 amide bonds. The lowest BCUT2D eigenvalue weighted by Gasteiger charge is -2.18. The van der Waals surface area contributed by atoms with Gasteiger partial charge in [-0.25, -0.2) is 0 Å². The molecule has 1 aromatic rings. The average molecular weight is 273 g/mol. The third-order valence-corrected chi connectivity index (χ3v) is 4.08. The number of aryl methyl sites for hydroxylation is 1. The lowest BCUT2D eigenvalue weighted by molar-refractivity contribution is -0.132. The number of likely N-dealkylation sites (N-methyl/N-ethyl adjacent to an activating group) is 1. The van der Waals surface area contributed by atoms with Gasteiger partial charge in [-0.2, -0.15) is 0 Å². The summed E-state index contributed by atoms with van der Waals surface area (Å²) in [6, 6.07) is 5.97. The second kappa shape index (κ2) is 5.27. The summed E-state index contributed by atoms with van der Waals surface area (Å²) >= 11 is 0. The average Bonchev–Trinajstić information content (AvgIpc) is 3.29. The second-order valence-electron chi connectivity index (χ2n) is 5.62. The maximum atomic E-state index is 11.9. The van der Waals surface area contributed by atoms with Crippen molar-refractivity contribution in [2.45, 2.75) is 38.1 Å². The van der Waals surface area contributed by atoms with E-state index in [-0.39, 0.29) is 18.3 Å². The molecule has 4 nitrogen and oxygen atoms in total. The summed E-state index contributed by atoms with van der Waals surface area (Å²) in [7, 11) is 1.82. The van der Waals surface area contributed by atoms with Gasteiger partial charge < -0.3 is 9.64 Å². The Morgan fingerprint density at radius 2 is 2.15 bits per heavy atom. The van der Waals surface area contributed by atoms with Crippen LogP contribution >= 0.6 is 0 Å². The maximum Gasteiger partial charge on any atom is 0.260 e. The molecule has 0 aliphatic heterocycles. The minimum absolute atomic E-state index is 0.00320. The SMILES string of the molecule is CN(C(=O)COc1ccc2c(c1)C(=O)CCC2)C1CC1. The number of amides is 1. The van der Waals surface area contributed by atoms with Crippen molar-refractivity contribution >= 4 is 11.7 Å². The molecule has 106 valence electrons. The van der Waals surface area contributed by atoms with Gasteiger partial charge in [0.05, 0.1) is 0 Å². The standard InChI is InChI=1S/C16H19NO3/c1-17(12-6-7-12)16(19)10-20-13-8-5-11-3-2-4-15(18)14(11)9-13/h5,8-9,12H,2-4,6-7,10H2,1H3. The number of Topliss-reactive ketones (excluding diaryl/α,β-unsaturated/α-hetero) is 1. The first kappa shape index (κ1) is 13.2. The minimum atomic E-state index is -0.00320. The number of carbonyl (C=O) groups excluding carboxylic acids is 2. The third kappa shape index (κ3) is 2.69. The van der Waals surface area contributed by atoms with Crippen LogP contribution in [0.5, 0.6) is 5.75 Å². The van der Waals surface area contributed by atoms with E-state index >= 15 is 0 Å². The van der Waals surface area contributed by atoms with Crippen LogP contribution in [0.1, 0.15) is 41.6 Å². The van der Waals surface area contributed by atoms with E-state index in [1.165, 1.54) is 0 Å². The van der Waals surface area contributed by atoms with E-state index in [1.54, 1.807) is 11.0 Å². The van der Waals surface area contributed by atoms with E-state index in [2.05, 4.69) is 0 Å². The molecular formula is C16H19NO3. The highest BCUT2D eigenvalue weighted by Crippen LogP contribution is 2.27. The Morgan fingerprint density at radius 3 is 2.90 bits per heavy atom. The molecule has 0 aromatic heterocycles. The van der Waals surface area contributed by atoms with Crippen LogP contribution in [-0.4, -0.2) is 36.3 Å². The number of fused-ring (bicyclic) bond motifs is 1. The van der Waals surface area contributed by atoms with E-state index in [0.29, 0.717) is 18.2 Å². The molecule has 0 atom stereocenters. The fourth-order valence-corrected chi connectivity index (χ4v) is 2.61. The summed E-state index contributed by atoms with van der Waals surface area (Å²) in [5, 5.41) is 0. The molecule has 3 rings (SSSR count). The van der Waals surface area contributed by atoms with Crippen molar-refractivity contribution in [1.82, 2.24) is 4.90 Å². The van der Waals surface area contributed by atoms with Crippen molar-refractivity contribution in [3.63, 3.8) is 0 Å². The van der Waals surface area contributed by atoms with Crippen molar-refractivity contribution in [1.29, 1.82) is 0 Å². The number of ketones is 1. The van der Waals surface area contributed by atoms with E-state index in [4.69, 9.17) is 4.74 Å². The largest absolute Gasteiger partial charge is 0.484 e. The Hall–Kier alpha value is -1.84. The molecule has 0 saturated heterocycles. The van der Waals surface area contributed by atoms with Gasteiger partial charge in [0.25, 0.3) is 5.91 Å². The first-order valence-corrected chi connectivity index (χ1v) is 7.20. The molecule has 2 aliphatic rings. The Kier molecular flexibility index (Phi) is 3.47. The predicted octanol–water partition coefficient (Wildman–Crippen LogP) is 2.21. The monoisotopic (exact) mass is 273 g/mol. The highest BCUT2D eigenvalue weighted by Gasteiger charge is 2.29. The van der Waals surface area contributed by atoms with Crippen molar-refractivity contribution in [3.05, 3.63) is 29.3 Å². The lowest BCUT2D eigenvalue weighted by atomic mass is 9.90. The fourth-order valence-electron chi connectivity index (χ4n) is 2.61. The quantitative estimate of drug-likeness (QED) is 0.845. The number of ether oxygens (including phenoxy) is 1. The van der Waals surface area contributed by atoms with Gasteiger partial charge in [-0.3, -0.25) is 9.59 Å². The highest BCUT2D eigenvalue weighted by atomic mass is 16.5. The van der Waals surface area contributed by atoms with Crippen LogP contribution in [0.15, 0.2) is 18.2 Å². The number of nitrogens with zero attached hydrogens (tertiary/aromatic N) is 1. The van der Waals surface area contributed by atoms with Gasteiger partial charge in [0.2, 0.25) is 0 Å². The zero-order chi connectivity index (χ0) is 14.1. The topological polar surface area (TPSA) is 46.6 Å². The Balaban J connectivity index is 1.64. The number of benzene rings is 1. The van der Waals surface area contributed by atoms with Crippen molar-refractivity contribution in [3.8, 4) is 5.75 Å². The van der Waals surface area contributed by atoms with Gasteiger partial charge in [0, 0.05) is 25.1 Å². The highest BCUT2D eigenvalue weighted by molar-refractivity contribution is 5.98. The van der Waals surface area contributed by atoms with Gasteiger partial charge in [-0.15, -0.1) is 0 Å². The molecule has 0 radical (unpaired) electrons. The summed E-state index contributed by atoms with van der Waals surface area (Å²) < 4.78 is 5.54. The molecule has 4 heteroatoms. The summed E-state index contributed by atoms with van der Waals surface area (Å²) in [5.74, 6) is 0.784. The number of rotatable bonds is 4. The van der Waals surface area contributed by atoms with E-state index in [9.17, 15) is 9.59 Å². The molecule has 2 aliphatic carbocycles. The van der Waals surface area contributed by atoms with Crippen LogP contribution in [0.25, 0.3) is 0 Å². The predicted molar refractivity (Wildman–Crippen MR) is 75.0 cm³/mol. The summed E-state index contributed by atoms with van der Waals surface area (Å²) in [5.41, 5.74) is 1.85. The normalized spacial score (nSPS) is 17.6. The Bertz CT molecular complexity index is 549. The van der Waals surface area contributed by atoms with Crippen LogP contribution in [0.2, 0.25) is 0 Å². The second-order valence-corrected chi connectivity index (χ2v) is 5.62. The molecule has 1 aromatic carbocycles. The summed E-state index contributed by atoms with van der Waals surface area (Å²) in [6.07, 6.45) is 4.67. The van der Waals surface area contributed by atoms with Gasteiger partial charge in [-0.05, 0) is 43.4 Å². The van der Waals surface area contributed by atoms with Gasteiger partial charge in [0.15, 0.2) is 12.4 Å². The smallest absolute Gasteiger partial charge is 0.260 e. The van der Waals surface area contributed by atoms with Crippen LogP contribution in [0, 0.1) is 0 Å². The minimum Gasteiger partial charge on any atom is -0.484 e. The van der Waals surface area contributed by atoms with E-state index < -0.39 is 0 Å². The van der Waals surface area contributed by atoms with E-state index in [1.807, 2.05) is 19.2 Å². The first-order chi connectivity index (χ1) is 9.65. The van der Waals surface area contributed by atoms with Gasteiger partial charge in [-0.1, -0.05) is 6.07 Å². The van der Waals surface area contributed by atoms with Crippen LogP contribution in [0.3, 0.4) is 0 Å². The summed E-state index contributed by atoms with van der Waals surface area (Å²) in [4.78, 5) is 25.5. The van der Waals surface area contributed by atoms with Crippen LogP contribution in [0.4, 0.5) is 0 Å². The molecule has 20 heavy (non-hydrogen) atoms. The fraction of sp³-hybridized carbons (Fsp3) is 0.500. The van der Waals surface area contributed by atoms with Gasteiger partial charge >= 0.3 is 0 Å². The molecule has 0 bridgehead atoms. The molecule has 0 unspecified atom stereocenters. The molecule has 0 heterocycles. The van der Waals surface area contributed by atoms with Crippen LogP contribution in [-0.2, 0) is 11.2 Å². The lowest BCUT2D eigenvalue weighted by Crippen LogP contribution is -2.33. The zero-order valence-electron chi connectivity index (χ0n) is 11.7. The number of hydrogen-bond acceptors (Lipinski definition) is 3. The molecular weight excluding hydrogens is 254 g/mol. The van der Waals surface area contributed by atoms with Crippen molar-refractivity contribution in [2.75, 3.05) is 13.7 Å². The molecule has 1 fully saturated rings. The maximum absolute atomic E-state index is 11.9. The number of carbonyl (C=O) groups is 2. The summed E-state index contributed by atoms with van der Waals surface area (Å²) in [6.45, 7) is 0.0416. The molecule has 0 N–H and O–H groups in total. The Morgan fingerprint density at radius 1 is 1.35 bits per heavy atom. The Labute approximate surface area is 118 Å².